The molecule has 0 bridgehead atoms. The van der Waals surface area contributed by atoms with Crippen molar-refractivity contribution in [2.75, 3.05) is 0 Å². The van der Waals surface area contributed by atoms with Crippen molar-refractivity contribution in [1.82, 2.24) is 14.5 Å². The Bertz CT molecular complexity index is 486. The fourth-order valence-electron chi connectivity index (χ4n) is 1.37. The molecule has 2 aromatic rings. The van der Waals surface area contributed by atoms with Crippen LogP contribution in [0.4, 0.5) is 0 Å². The van der Waals surface area contributed by atoms with E-state index in [2.05, 4.69) is 9.97 Å². The van der Waals surface area contributed by atoms with Crippen molar-refractivity contribution in [3.8, 4) is 0 Å². The number of hydrogen-bond donors (Lipinski definition) is 0. The van der Waals surface area contributed by atoms with Crippen molar-refractivity contribution >= 4 is 17.1 Å². The quantitative estimate of drug-likeness (QED) is 0.740. The first kappa shape index (κ1) is 10.0. The van der Waals surface area contributed by atoms with Gasteiger partial charge in [0.2, 0.25) is 5.78 Å². The van der Waals surface area contributed by atoms with Crippen LogP contribution >= 0.6 is 11.3 Å². The van der Waals surface area contributed by atoms with Gasteiger partial charge in [-0.1, -0.05) is 0 Å². The largest absolute Gasteiger partial charge is 0.332 e. The molecule has 0 spiro atoms. The second-order valence-corrected chi connectivity index (χ2v) is 4.38. The Hall–Kier alpha value is -1.49. The zero-order valence-electron chi connectivity index (χ0n) is 8.60. The van der Waals surface area contributed by atoms with E-state index in [0.717, 1.165) is 10.7 Å². The molecule has 0 radical (unpaired) electrons. The van der Waals surface area contributed by atoms with Gasteiger partial charge in [-0.2, -0.15) is 0 Å². The normalized spacial score (nSPS) is 10.5. The number of nitrogens with zero attached hydrogens (tertiary/aromatic N) is 3. The molecule has 0 aliphatic rings. The highest BCUT2D eigenvalue weighted by atomic mass is 32.1. The molecule has 0 aromatic carbocycles. The molecular weight excluding hydrogens is 210 g/mol. The number of aryl methyl sites for hydroxylation is 2. The maximum Gasteiger partial charge on any atom is 0.204 e. The number of carbonyl (C=O) groups is 1. The van der Waals surface area contributed by atoms with Gasteiger partial charge in [0.1, 0.15) is 0 Å². The molecule has 15 heavy (non-hydrogen) atoms. The molecule has 0 aliphatic heterocycles. The van der Waals surface area contributed by atoms with E-state index in [1.165, 1.54) is 0 Å². The zero-order valence-corrected chi connectivity index (χ0v) is 9.41. The number of ketones is 1. The van der Waals surface area contributed by atoms with E-state index >= 15 is 0 Å². The second-order valence-electron chi connectivity index (χ2n) is 3.32. The van der Waals surface area contributed by atoms with E-state index < -0.39 is 0 Å². The third kappa shape index (κ3) is 2.12. The van der Waals surface area contributed by atoms with Gasteiger partial charge in [0.05, 0.1) is 17.1 Å². The number of rotatable bonds is 3. The molecule has 0 unspecified atom stereocenters. The predicted molar refractivity (Wildman–Crippen MR) is 58.1 cm³/mol. The summed E-state index contributed by atoms with van der Waals surface area (Å²) in [6, 6.07) is 0. The summed E-state index contributed by atoms with van der Waals surface area (Å²) < 4.78 is 1.72. The molecule has 5 heteroatoms. The molecule has 0 fully saturated rings. The van der Waals surface area contributed by atoms with Crippen LogP contribution in [0.3, 0.4) is 0 Å². The first-order chi connectivity index (χ1) is 7.16. The second kappa shape index (κ2) is 3.94. The van der Waals surface area contributed by atoms with Crippen molar-refractivity contribution in [2.45, 2.75) is 13.3 Å². The molecule has 2 rings (SSSR count). The van der Waals surface area contributed by atoms with Gasteiger partial charge in [0, 0.05) is 24.8 Å². The Balaban J connectivity index is 2.14. The lowest BCUT2D eigenvalue weighted by Gasteiger charge is -1.98. The van der Waals surface area contributed by atoms with Crippen molar-refractivity contribution in [3.63, 3.8) is 0 Å². The minimum Gasteiger partial charge on any atom is -0.332 e. The number of aromatic nitrogens is 3. The van der Waals surface area contributed by atoms with Crippen LogP contribution in [0.5, 0.6) is 0 Å². The average Bonchev–Trinajstić information content (AvgIpc) is 2.75. The third-order valence-corrected chi connectivity index (χ3v) is 2.90. The van der Waals surface area contributed by atoms with Crippen molar-refractivity contribution in [2.24, 2.45) is 7.05 Å². The van der Waals surface area contributed by atoms with Crippen molar-refractivity contribution in [3.05, 3.63) is 34.3 Å². The van der Waals surface area contributed by atoms with Crippen LogP contribution in [-0.4, -0.2) is 20.3 Å². The van der Waals surface area contributed by atoms with E-state index in [1.807, 2.05) is 19.4 Å². The van der Waals surface area contributed by atoms with Crippen molar-refractivity contribution < 1.29 is 4.79 Å². The Kier molecular flexibility index (Phi) is 2.64. The summed E-state index contributed by atoms with van der Waals surface area (Å²) in [5, 5.41) is 2.90. The molecule has 0 saturated carbocycles. The van der Waals surface area contributed by atoms with Gasteiger partial charge < -0.3 is 4.57 Å². The third-order valence-electron chi connectivity index (χ3n) is 2.08. The monoisotopic (exact) mass is 221 g/mol. The molecule has 0 amide bonds. The van der Waals surface area contributed by atoms with Crippen LogP contribution in [0.2, 0.25) is 0 Å². The van der Waals surface area contributed by atoms with E-state index in [4.69, 9.17) is 0 Å². The molecule has 0 aliphatic carbocycles. The minimum absolute atomic E-state index is 0.00722. The first-order valence-electron chi connectivity index (χ1n) is 4.58. The summed E-state index contributed by atoms with van der Waals surface area (Å²) in [5.41, 5.74) is 0.825. The molecule has 4 nitrogen and oxygen atoms in total. The van der Waals surface area contributed by atoms with Gasteiger partial charge >= 0.3 is 0 Å². The van der Waals surface area contributed by atoms with Crippen LogP contribution in [0, 0.1) is 6.92 Å². The highest BCUT2D eigenvalue weighted by Crippen LogP contribution is 2.10. The van der Waals surface area contributed by atoms with Crippen LogP contribution in [-0.2, 0) is 13.5 Å². The van der Waals surface area contributed by atoms with E-state index in [1.54, 1.807) is 28.3 Å². The number of carbonyl (C=O) groups excluding carboxylic acids is 1. The Morgan fingerprint density at radius 3 is 2.93 bits per heavy atom. The minimum atomic E-state index is 0.00722. The van der Waals surface area contributed by atoms with Gasteiger partial charge in [0.15, 0.2) is 5.82 Å². The summed E-state index contributed by atoms with van der Waals surface area (Å²) in [6.45, 7) is 1.93. The highest BCUT2D eigenvalue weighted by molar-refractivity contribution is 7.09. The van der Waals surface area contributed by atoms with E-state index in [9.17, 15) is 4.79 Å². The average molecular weight is 221 g/mol. The molecule has 0 saturated heterocycles. The van der Waals surface area contributed by atoms with Gasteiger partial charge in [-0.15, -0.1) is 11.3 Å². The number of hydrogen-bond acceptors (Lipinski definition) is 4. The topological polar surface area (TPSA) is 47.8 Å². The molecule has 0 atom stereocenters. The summed E-state index contributed by atoms with van der Waals surface area (Å²) in [4.78, 5) is 20.0. The highest BCUT2D eigenvalue weighted by Gasteiger charge is 2.12. The van der Waals surface area contributed by atoms with Gasteiger partial charge in [-0.3, -0.25) is 4.79 Å². The fraction of sp³-hybridized carbons (Fsp3) is 0.300. The first-order valence-corrected chi connectivity index (χ1v) is 5.46. The standard InChI is InChI=1S/C10H11N3OS/c1-7-12-8(6-15-7)5-9(14)10-11-3-4-13(10)2/h3-4,6H,5H2,1-2H3. The maximum absolute atomic E-state index is 11.8. The van der Waals surface area contributed by atoms with Gasteiger partial charge in [-0.25, -0.2) is 9.97 Å². The SMILES string of the molecule is Cc1nc(CC(=O)c2nccn2C)cs1. The zero-order chi connectivity index (χ0) is 10.8. The predicted octanol–water partition coefficient (Wildman–Crippen LogP) is 1.61. The maximum atomic E-state index is 11.8. The summed E-state index contributed by atoms with van der Waals surface area (Å²) in [6.07, 6.45) is 3.72. The van der Waals surface area contributed by atoms with Gasteiger partial charge in [-0.05, 0) is 6.92 Å². The molecule has 0 N–H and O–H groups in total. The van der Waals surface area contributed by atoms with Crippen LogP contribution in [0.25, 0.3) is 0 Å². The number of thiazole rings is 1. The Morgan fingerprint density at radius 1 is 1.60 bits per heavy atom. The lowest BCUT2D eigenvalue weighted by Crippen LogP contribution is -2.10. The smallest absolute Gasteiger partial charge is 0.204 e. The molecular formula is C10H11N3OS. The molecule has 2 heterocycles. The Morgan fingerprint density at radius 2 is 2.40 bits per heavy atom. The summed E-state index contributed by atoms with van der Waals surface area (Å²) in [7, 11) is 1.81. The van der Waals surface area contributed by atoms with E-state index in [-0.39, 0.29) is 5.78 Å². The number of imidazole rings is 1. The fourth-order valence-corrected chi connectivity index (χ4v) is 1.98. The van der Waals surface area contributed by atoms with Crippen LogP contribution in [0.1, 0.15) is 21.3 Å². The van der Waals surface area contributed by atoms with Crippen LogP contribution < -0.4 is 0 Å². The van der Waals surface area contributed by atoms with Gasteiger partial charge in [0.25, 0.3) is 0 Å². The number of Topliss-reactive ketones (excluding diaryl/α,β-unsaturated/α-hetero) is 1. The lowest BCUT2D eigenvalue weighted by molar-refractivity contribution is 0.0979. The molecule has 2 aromatic heterocycles. The summed E-state index contributed by atoms with van der Waals surface area (Å²) in [5.74, 6) is 0.494. The lowest BCUT2D eigenvalue weighted by atomic mass is 10.2. The van der Waals surface area contributed by atoms with Crippen molar-refractivity contribution in [1.29, 1.82) is 0 Å². The Labute approximate surface area is 91.6 Å². The summed E-state index contributed by atoms with van der Waals surface area (Å²) >= 11 is 1.56. The molecule has 78 valence electrons. The van der Waals surface area contributed by atoms with E-state index in [0.29, 0.717) is 12.2 Å². The van der Waals surface area contributed by atoms with Crippen LogP contribution in [0.15, 0.2) is 17.8 Å².